The van der Waals surface area contributed by atoms with Gasteiger partial charge in [0.25, 0.3) is 5.91 Å². The van der Waals surface area contributed by atoms with Gasteiger partial charge in [-0.2, -0.15) is 21.6 Å². The second kappa shape index (κ2) is 6.97. The largest absolute Gasteiger partial charge is 0.516 e. The van der Waals surface area contributed by atoms with Gasteiger partial charge in [0.05, 0.1) is 5.56 Å². The van der Waals surface area contributed by atoms with Gasteiger partial charge in [0.2, 0.25) is 0 Å². The van der Waals surface area contributed by atoms with Gasteiger partial charge in [0, 0.05) is 24.3 Å². The standard InChI is InChI=1S/C17H14F4N2O4S/c18-13-5-6-14(24)15-12(13)7-8-23(16(15)25)9-10-1-3-11(4-2-10)22-28(26,27)17(19,20)21/h1-6,22,24H,7-9H2. The molecule has 0 aliphatic carbocycles. The smallest absolute Gasteiger partial charge is 0.507 e. The molecule has 28 heavy (non-hydrogen) atoms. The summed E-state index contributed by atoms with van der Waals surface area (Å²) in [6.07, 6.45) is 0.199. The SMILES string of the molecule is O=C1c2c(O)ccc(F)c2CCN1Cc1ccc(NS(=O)(=O)C(F)(F)F)cc1. The molecular weight excluding hydrogens is 404 g/mol. The number of carbonyl (C=O) groups is 1. The van der Waals surface area contributed by atoms with Gasteiger partial charge in [-0.05, 0) is 36.2 Å². The van der Waals surface area contributed by atoms with E-state index in [1.807, 2.05) is 0 Å². The molecule has 0 radical (unpaired) electrons. The Bertz CT molecular complexity index is 1020. The molecule has 150 valence electrons. The summed E-state index contributed by atoms with van der Waals surface area (Å²) in [4.78, 5) is 13.9. The number of nitrogens with zero attached hydrogens (tertiary/aromatic N) is 1. The molecule has 0 aromatic heterocycles. The number of alkyl halides is 3. The highest BCUT2D eigenvalue weighted by molar-refractivity contribution is 7.93. The Hall–Kier alpha value is -2.82. The summed E-state index contributed by atoms with van der Waals surface area (Å²) in [6.45, 7) is 0.245. The van der Waals surface area contributed by atoms with Gasteiger partial charge in [0.1, 0.15) is 11.6 Å². The lowest BCUT2D eigenvalue weighted by Crippen LogP contribution is -2.37. The average Bonchev–Trinajstić information content (AvgIpc) is 2.60. The van der Waals surface area contributed by atoms with E-state index in [1.54, 1.807) is 0 Å². The van der Waals surface area contributed by atoms with E-state index in [-0.39, 0.29) is 42.1 Å². The minimum Gasteiger partial charge on any atom is -0.507 e. The van der Waals surface area contributed by atoms with Crippen LogP contribution in [0.5, 0.6) is 5.75 Å². The molecule has 0 spiro atoms. The van der Waals surface area contributed by atoms with Crippen LogP contribution in [-0.4, -0.2) is 36.4 Å². The van der Waals surface area contributed by atoms with Crippen LogP contribution in [0.25, 0.3) is 0 Å². The summed E-state index contributed by atoms with van der Waals surface area (Å²) >= 11 is 0. The van der Waals surface area contributed by atoms with Gasteiger partial charge in [-0.3, -0.25) is 9.52 Å². The number of sulfonamides is 1. The Kier molecular flexibility index (Phi) is 4.96. The van der Waals surface area contributed by atoms with Crippen molar-refractivity contribution >= 4 is 21.6 Å². The predicted octanol–water partition coefficient (Wildman–Crippen LogP) is 2.99. The van der Waals surface area contributed by atoms with Crippen molar-refractivity contribution in [3.8, 4) is 5.75 Å². The Morgan fingerprint density at radius 1 is 1.11 bits per heavy atom. The molecule has 1 amide bonds. The Balaban J connectivity index is 1.75. The minimum atomic E-state index is -5.52. The second-order valence-electron chi connectivity index (χ2n) is 6.14. The summed E-state index contributed by atoms with van der Waals surface area (Å²) < 4.78 is 74.6. The van der Waals surface area contributed by atoms with E-state index in [0.29, 0.717) is 5.56 Å². The van der Waals surface area contributed by atoms with Gasteiger partial charge in [-0.25, -0.2) is 4.39 Å². The van der Waals surface area contributed by atoms with Gasteiger partial charge >= 0.3 is 15.5 Å². The number of anilines is 1. The molecule has 11 heteroatoms. The van der Waals surface area contributed by atoms with Crippen molar-refractivity contribution < 1.29 is 35.9 Å². The zero-order valence-electron chi connectivity index (χ0n) is 14.1. The molecule has 0 saturated heterocycles. The quantitative estimate of drug-likeness (QED) is 0.748. The van der Waals surface area contributed by atoms with Crippen molar-refractivity contribution in [2.45, 2.75) is 18.5 Å². The second-order valence-corrected chi connectivity index (χ2v) is 7.82. The number of nitrogens with one attached hydrogen (secondary N) is 1. The fourth-order valence-electron chi connectivity index (χ4n) is 2.86. The Morgan fingerprint density at radius 2 is 1.75 bits per heavy atom. The number of rotatable bonds is 4. The molecule has 1 aliphatic rings. The molecule has 6 nitrogen and oxygen atoms in total. The van der Waals surface area contributed by atoms with E-state index >= 15 is 0 Å². The van der Waals surface area contributed by atoms with E-state index in [1.165, 1.54) is 21.8 Å². The third-order valence-corrected chi connectivity index (χ3v) is 5.36. The first-order valence-electron chi connectivity index (χ1n) is 7.97. The zero-order valence-corrected chi connectivity index (χ0v) is 14.9. The van der Waals surface area contributed by atoms with Crippen LogP contribution in [0.4, 0.5) is 23.2 Å². The lowest BCUT2D eigenvalue weighted by molar-refractivity contribution is -0.0429. The number of amides is 1. The fraction of sp³-hybridized carbons (Fsp3) is 0.235. The fourth-order valence-corrected chi connectivity index (χ4v) is 3.42. The third-order valence-electron chi connectivity index (χ3n) is 4.25. The zero-order chi connectivity index (χ0) is 20.7. The van der Waals surface area contributed by atoms with E-state index in [4.69, 9.17) is 0 Å². The first kappa shape index (κ1) is 19.9. The molecule has 1 heterocycles. The number of halogens is 4. The van der Waals surface area contributed by atoms with E-state index < -0.39 is 27.3 Å². The number of fused-ring (bicyclic) bond motifs is 1. The molecule has 2 N–H and O–H groups in total. The Morgan fingerprint density at radius 3 is 2.36 bits per heavy atom. The molecular formula is C17H14F4N2O4S. The molecule has 3 rings (SSSR count). The maximum Gasteiger partial charge on any atom is 0.516 e. The first-order valence-corrected chi connectivity index (χ1v) is 9.45. The number of benzene rings is 2. The highest BCUT2D eigenvalue weighted by atomic mass is 32.2. The molecule has 0 unspecified atom stereocenters. The van der Waals surface area contributed by atoms with Gasteiger partial charge in [0.15, 0.2) is 0 Å². The van der Waals surface area contributed by atoms with Crippen molar-refractivity contribution in [1.82, 2.24) is 4.90 Å². The number of carbonyl (C=O) groups excluding carboxylic acids is 1. The van der Waals surface area contributed by atoms with Crippen molar-refractivity contribution in [2.75, 3.05) is 11.3 Å². The van der Waals surface area contributed by atoms with Crippen LogP contribution in [0.1, 0.15) is 21.5 Å². The van der Waals surface area contributed by atoms with E-state index in [2.05, 4.69) is 0 Å². The van der Waals surface area contributed by atoms with Gasteiger partial charge in [-0.15, -0.1) is 0 Å². The highest BCUT2D eigenvalue weighted by Gasteiger charge is 2.46. The lowest BCUT2D eigenvalue weighted by Gasteiger charge is -2.29. The van der Waals surface area contributed by atoms with Crippen molar-refractivity contribution in [3.63, 3.8) is 0 Å². The topological polar surface area (TPSA) is 86.7 Å². The number of phenols is 1. The number of phenolic OH excluding ortho intramolecular Hbond substituents is 1. The number of aromatic hydroxyl groups is 1. The summed E-state index contributed by atoms with van der Waals surface area (Å²) in [5.41, 5.74) is -5.17. The molecule has 0 atom stereocenters. The maximum absolute atomic E-state index is 13.8. The summed E-state index contributed by atoms with van der Waals surface area (Å²) in [7, 11) is -5.52. The van der Waals surface area contributed by atoms with Crippen molar-refractivity contribution in [1.29, 1.82) is 0 Å². The summed E-state index contributed by atoms with van der Waals surface area (Å²) in [5.74, 6) is -1.48. The molecule has 2 aromatic rings. The molecule has 0 bridgehead atoms. The Labute approximate surface area is 157 Å². The van der Waals surface area contributed by atoms with Crippen LogP contribution in [0, 0.1) is 5.82 Å². The maximum atomic E-state index is 13.8. The minimum absolute atomic E-state index is 0.0561. The van der Waals surface area contributed by atoms with E-state index in [0.717, 1.165) is 24.3 Å². The van der Waals surface area contributed by atoms with Crippen LogP contribution in [0.2, 0.25) is 0 Å². The molecule has 0 saturated carbocycles. The number of hydrogen-bond acceptors (Lipinski definition) is 4. The number of hydrogen-bond donors (Lipinski definition) is 2. The average molecular weight is 418 g/mol. The van der Waals surface area contributed by atoms with E-state index in [9.17, 15) is 35.9 Å². The first-order chi connectivity index (χ1) is 13.0. The van der Waals surface area contributed by atoms with Gasteiger partial charge < -0.3 is 10.0 Å². The molecule has 0 fully saturated rings. The van der Waals surface area contributed by atoms with Crippen LogP contribution in [0.3, 0.4) is 0 Å². The molecule has 1 aliphatic heterocycles. The molecule has 2 aromatic carbocycles. The third kappa shape index (κ3) is 3.75. The summed E-state index contributed by atoms with van der Waals surface area (Å²) in [5, 5.41) is 9.87. The van der Waals surface area contributed by atoms with Crippen molar-refractivity contribution in [2.24, 2.45) is 0 Å². The van der Waals surface area contributed by atoms with Crippen LogP contribution in [-0.2, 0) is 23.0 Å². The monoisotopic (exact) mass is 418 g/mol. The van der Waals surface area contributed by atoms with Crippen LogP contribution >= 0.6 is 0 Å². The normalized spacial score (nSPS) is 14.7. The lowest BCUT2D eigenvalue weighted by atomic mass is 9.97. The van der Waals surface area contributed by atoms with Crippen molar-refractivity contribution in [3.05, 3.63) is 58.9 Å². The highest BCUT2D eigenvalue weighted by Crippen LogP contribution is 2.30. The predicted molar refractivity (Wildman–Crippen MR) is 91.5 cm³/mol. The summed E-state index contributed by atoms with van der Waals surface area (Å²) in [6, 6.07) is 7.18. The van der Waals surface area contributed by atoms with Crippen LogP contribution in [0.15, 0.2) is 36.4 Å². The van der Waals surface area contributed by atoms with Gasteiger partial charge in [-0.1, -0.05) is 12.1 Å². The van der Waals surface area contributed by atoms with Crippen LogP contribution < -0.4 is 4.72 Å².